The van der Waals surface area contributed by atoms with Gasteiger partial charge < -0.3 is 14.9 Å². The Balaban J connectivity index is 0.000000357. The van der Waals surface area contributed by atoms with Gasteiger partial charge in [-0.05, 0) is 69.5 Å². The van der Waals surface area contributed by atoms with Gasteiger partial charge in [0.15, 0.2) is 0 Å². The van der Waals surface area contributed by atoms with Crippen LogP contribution in [-0.4, -0.2) is 27.6 Å². The van der Waals surface area contributed by atoms with Crippen molar-refractivity contribution < 1.29 is 9.63 Å². The smallest absolute Gasteiger partial charge is 0.276 e. The van der Waals surface area contributed by atoms with E-state index >= 15 is 0 Å². The lowest BCUT2D eigenvalue weighted by Gasteiger charge is -2.08. The quantitative estimate of drug-likeness (QED) is 0.352. The molecule has 0 amide bonds. The molecule has 0 aliphatic carbocycles. The number of allylic oxidation sites excluding steroid dienone is 3. The van der Waals surface area contributed by atoms with Crippen LogP contribution >= 0.6 is 0 Å². The zero-order valence-corrected chi connectivity index (χ0v) is 20.1. The van der Waals surface area contributed by atoms with Gasteiger partial charge in [0.05, 0.1) is 6.61 Å². The van der Waals surface area contributed by atoms with Crippen LogP contribution in [0.25, 0.3) is 11.4 Å². The minimum absolute atomic E-state index is 0.0315. The van der Waals surface area contributed by atoms with Crippen LogP contribution in [0.15, 0.2) is 76.5 Å². The molecule has 3 aromatic rings. The molecule has 0 radical (unpaired) electrons. The Labute approximate surface area is 196 Å². The van der Waals surface area contributed by atoms with Crippen molar-refractivity contribution in [3.05, 3.63) is 89.0 Å². The molecule has 6 nitrogen and oxygen atoms in total. The van der Waals surface area contributed by atoms with Crippen molar-refractivity contribution in [1.29, 1.82) is 5.41 Å². The van der Waals surface area contributed by atoms with Crippen LogP contribution in [0.5, 0.6) is 0 Å². The Bertz CT molecular complexity index is 1070. The van der Waals surface area contributed by atoms with Crippen molar-refractivity contribution in [1.82, 2.24) is 10.1 Å². The number of anilines is 1. The van der Waals surface area contributed by atoms with Crippen LogP contribution in [0.3, 0.4) is 0 Å². The first kappa shape index (κ1) is 25.7. The first-order chi connectivity index (χ1) is 15.9. The molecule has 6 heteroatoms. The molecule has 1 heterocycles. The summed E-state index contributed by atoms with van der Waals surface area (Å²) in [6.45, 7) is 10.1. The summed E-state index contributed by atoms with van der Waals surface area (Å²) in [4.78, 5) is 4.25. The molecular formula is C27H34N4O2. The molecule has 0 unspecified atom stereocenters. The fourth-order valence-electron chi connectivity index (χ4n) is 2.91. The summed E-state index contributed by atoms with van der Waals surface area (Å²) < 4.78 is 5.14. The Morgan fingerprint density at radius 1 is 1.06 bits per heavy atom. The van der Waals surface area contributed by atoms with Crippen molar-refractivity contribution in [2.45, 2.75) is 47.5 Å². The van der Waals surface area contributed by atoms with Gasteiger partial charge in [-0.25, -0.2) is 0 Å². The molecular weight excluding hydrogens is 412 g/mol. The summed E-state index contributed by atoms with van der Waals surface area (Å²) in [5, 5.41) is 24.3. The van der Waals surface area contributed by atoms with Crippen LogP contribution in [0, 0.1) is 12.3 Å². The van der Waals surface area contributed by atoms with Crippen LogP contribution in [0.2, 0.25) is 0 Å². The van der Waals surface area contributed by atoms with E-state index in [0.717, 1.165) is 35.4 Å². The largest absolute Gasteiger partial charge is 0.390 e. The number of nitrogens with zero attached hydrogens (tertiary/aromatic N) is 2. The maximum Gasteiger partial charge on any atom is 0.276 e. The van der Waals surface area contributed by atoms with Gasteiger partial charge >= 0.3 is 0 Å². The first-order valence-electron chi connectivity index (χ1n) is 11.2. The Morgan fingerprint density at radius 3 is 2.27 bits per heavy atom. The molecule has 0 aliphatic rings. The molecule has 0 atom stereocenters. The minimum atomic E-state index is -0.0315. The lowest BCUT2D eigenvalue weighted by Crippen LogP contribution is -2.03. The molecule has 1 aromatic heterocycles. The maximum atomic E-state index is 9.28. The second kappa shape index (κ2) is 13.1. The normalized spacial score (nSPS) is 10.8. The second-order valence-electron chi connectivity index (χ2n) is 7.90. The van der Waals surface area contributed by atoms with E-state index in [9.17, 15) is 5.11 Å². The lowest BCUT2D eigenvalue weighted by molar-refractivity contribution is 0.332. The number of aryl methyl sites for hydroxylation is 2. The van der Waals surface area contributed by atoms with Gasteiger partial charge in [0.25, 0.3) is 5.89 Å². The highest BCUT2D eigenvalue weighted by atomic mass is 16.5. The van der Waals surface area contributed by atoms with Crippen molar-refractivity contribution in [2.75, 3.05) is 11.9 Å². The fourth-order valence-corrected chi connectivity index (χ4v) is 2.91. The molecule has 0 bridgehead atoms. The lowest BCUT2D eigenvalue weighted by atomic mass is 10.1. The van der Waals surface area contributed by atoms with Gasteiger partial charge in [0.2, 0.25) is 5.82 Å². The van der Waals surface area contributed by atoms with Gasteiger partial charge in [-0.1, -0.05) is 60.5 Å². The van der Waals surface area contributed by atoms with Gasteiger partial charge in [-0.3, -0.25) is 5.41 Å². The minimum Gasteiger partial charge on any atom is -0.390 e. The summed E-state index contributed by atoms with van der Waals surface area (Å²) in [7, 11) is 0. The standard InChI is InChI=1S/C18H22N4O2.C9H12/c1-4-5-15(11-23)20-14-8-6-13(7-9-14)17-21-18(24-22-17)16(19)10-12(2)3;1-3-9-6-4-8(2)5-7-9/h5-10,19-20,23H,4,11H2,1-3H3;4-7H,3H2,1-2H3/b15-5-,19-16?;. The topological polar surface area (TPSA) is 95.0 Å². The number of nitrogens with one attached hydrogen (secondary N) is 2. The third-order valence-electron chi connectivity index (χ3n) is 4.69. The van der Waals surface area contributed by atoms with Crippen molar-refractivity contribution >= 4 is 11.4 Å². The Kier molecular flexibility index (Phi) is 10.2. The zero-order valence-electron chi connectivity index (χ0n) is 20.1. The molecule has 174 valence electrons. The molecule has 0 saturated heterocycles. The molecule has 0 fully saturated rings. The van der Waals surface area contributed by atoms with Crippen LogP contribution < -0.4 is 5.32 Å². The number of rotatable bonds is 8. The number of hydrogen-bond acceptors (Lipinski definition) is 6. The van der Waals surface area contributed by atoms with E-state index in [2.05, 4.69) is 53.6 Å². The molecule has 0 aliphatic heterocycles. The fraction of sp³-hybridized carbons (Fsp3) is 0.296. The summed E-state index contributed by atoms with van der Waals surface area (Å²) in [5.41, 5.74) is 6.38. The van der Waals surface area contributed by atoms with E-state index in [1.165, 1.54) is 11.1 Å². The molecule has 0 saturated carbocycles. The summed E-state index contributed by atoms with van der Waals surface area (Å²) in [6, 6.07) is 16.1. The predicted octanol–water partition coefficient (Wildman–Crippen LogP) is 6.33. The van der Waals surface area contributed by atoms with Crippen LogP contribution in [0.4, 0.5) is 5.69 Å². The monoisotopic (exact) mass is 446 g/mol. The van der Waals surface area contributed by atoms with Crippen molar-refractivity contribution in [3.8, 4) is 11.4 Å². The average molecular weight is 447 g/mol. The number of aromatic nitrogens is 2. The van der Waals surface area contributed by atoms with E-state index in [1.807, 2.05) is 51.1 Å². The third-order valence-corrected chi connectivity index (χ3v) is 4.69. The average Bonchev–Trinajstić information content (AvgIpc) is 3.30. The number of aliphatic hydroxyl groups excluding tert-OH is 1. The second-order valence-corrected chi connectivity index (χ2v) is 7.90. The Hall–Kier alpha value is -3.51. The Morgan fingerprint density at radius 2 is 1.73 bits per heavy atom. The molecule has 3 N–H and O–H groups in total. The molecule has 0 spiro atoms. The number of aliphatic hydroxyl groups is 1. The van der Waals surface area contributed by atoms with E-state index < -0.39 is 0 Å². The molecule has 33 heavy (non-hydrogen) atoms. The SMILES string of the molecule is CC/C=C(/CO)Nc1ccc(-c2noc(C(=N)C=C(C)C)n2)cc1.CCc1ccc(C)cc1. The van der Waals surface area contributed by atoms with E-state index in [1.54, 1.807) is 6.08 Å². The maximum absolute atomic E-state index is 9.28. The summed E-state index contributed by atoms with van der Waals surface area (Å²) in [6.07, 6.45) is 5.61. The van der Waals surface area contributed by atoms with Gasteiger partial charge in [-0.15, -0.1) is 0 Å². The van der Waals surface area contributed by atoms with Gasteiger partial charge in [0.1, 0.15) is 5.71 Å². The van der Waals surface area contributed by atoms with E-state index in [4.69, 9.17) is 9.93 Å². The van der Waals surface area contributed by atoms with Crippen LogP contribution in [0.1, 0.15) is 51.1 Å². The number of benzene rings is 2. The van der Waals surface area contributed by atoms with Crippen LogP contribution in [-0.2, 0) is 6.42 Å². The highest BCUT2D eigenvalue weighted by Crippen LogP contribution is 2.20. The summed E-state index contributed by atoms with van der Waals surface area (Å²) >= 11 is 0. The van der Waals surface area contributed by atoms with Crippen molar-refractivity contribution in [2.24, 2.45) is 0 Å². The highest BCUT2D eigenvalue weighted by Gasteiger charge is 2.11. The van der Waals surface area contributed by atoms with Crippen molar-refractivity contribution in [3.63, 3.8) is 0 Å². The molecule has 2 aromatic carbocycles. The molecule has 3 rings (SSSR count). The number of hydrogen-bond donors (Lipinski definition) is 3. The first-order valence-corrected chi connectivity index (χ1v) is 11.2. The van der Waals surface area contributed by atoms with E-state index in [0.29, 0.717) is 5.82 Å². The summed E-state index contributed by atoms with van der Waals surface area (Å²) in [5.74, 6) is 0.636. The predicted molar refractivity (Wildman–Crippen MR) is 136 cm³/mol. The van der Waals surface area contributed by atoms with E-state index in [-0.39, 0.29) is 18.2 Å². The van der Waals surface area contributed by atoms with Gasteiger partial charge in [0, 0.05) is 16.9 Å². The van der Waals surface area contributed by atoms with Gasteiger partial charge in [-0.2, -0.15) is 4.98 Å². The zero-order chi connectivity index (χ0) is 24.2. The highest BCUT2D eigenvalue weighted by molar-refractivity contribution is 6.03. The third kappa shape index (κ3) is 8.50.